The standard InChI is InChI=1S/C18H25N3O/c19-14-16-2-4-17(5-3-16)15-20-9-6-18(7-10-20)21-8-1-12-22-13-11-21/h2-5,18H,1,6-13,15H2. The average molecular weight is 299 g/mol. The smallest absolute Gasteiger partial charge is 0.0991 e. The minimum atomic E-state index is 0.735. The third-order valence-corrected chi connectivity index (χ3v) is 4.82. The Morgan fingerprint density at radius 1 is 1.05 bits per heavy atom. The lowest BCUT2D eigenvalue weighted by molar-refractivity contribution is 0.0943. The van der Waals surface area contributed by atoms with Crippen molar-refractivity contribution in [2.24, 2.45) is 0 Å². The van der Waals surface area contributed by atoms with Gasteiger partial charge in [-0.3, -0.25) is 9.80 Å². The number of nitrogens with zero attached hydrogens (tertiary/aromatic N) is 3. The van der Waals surface area contributed by atoms with E-state index in [1.807, 2.05) is 12.1 Å². The second kappa shape index (κ2) is 7.73. The highest BCUT2D eigenvalue weighted by Gasteiger charge is 2.25. The maximum Gasteiger partial charge on any atom is 0.0991 e. The second-order valence-electron chi connectivity index (χ2n) is 6.32. The van der Waals surface area contributed by atoms with Crippen molar-refractivity contribution in [1.29, 1.82) is 5.26 Å². The molecule has 22 heavy (non-hydrogen) atoms. The van der Waals surface area contributed by atoms with E-state index in [2.05, 4.69) is 28.0 Å². The summed E-state index contributed by atoms with van der Waals surface area (Å²) in [7, 11) is 0. The molecule has 0 aliphatic carbocycles. The van der Waals surface area contributed by atoms with E-state index in [4.69, 9.17) is 10.00 Å². The molecule has 0 unspecified atom stereocenters. The quantitative estimate of drug-likeness (QED) is 0.858. The number of hydrogen-bond acceptors (Lipinski definition) is 4. The van der Waals surface area contributed by atoms with Crippen molar-refractivity contribution >= 4 is 0 Å². The minimum absolute atomic E-state index is 0.735. The van der Waals surface area contributed by atoms with Crippen molar-refractivity contribution in [3.8, 4) is 6.07 Å². The molecule has 2 aliphatic rings. The third-order valence-electron chi connectivity index (χ3n) is 4.82. The fourth-order valence-electron chi connectivity index (χ4n) is 3.52. The highest BCUT2D eigenvalue weighted by Crippen LogP contribution is 2.19. The highest BCUT2D eigenvalue weighted by atomic mass is 16.5. The Kier molecular flexibility index (Phi) is 5.44. The SMILES string of the molecule is N#Cc1ccc(CN2CCC(N3CCCOCC3)CC2)cc1. The Bertz CT molecular complexity index is 492. The van der Waals surface area contributed by atoms with Gasteiger partial charge in [-0.1, -0.05) is 12.1 Å². The number of rotatable bonds is 3. The molecule has 0 saturated carbocycles. The van der Waals surface area contributed by atoms with E-state index >= 15 is 0 Å². The summed E-state index contributed by atoms with van der Waals surface area (Å²) in [6.07, 6.45) is 3.69. The highest BCUT2D eigenvalue weighted by molar-refractivity contribution is 5.31. The summed E-state index contributed by atoms with van der Waals surface area (Å²) >= 11 is 0. The molecule has 3 rings (SSSR count). The van der Waals surface area contributed by atoms with Crippen LogP contribution in [-0.2, 0) is 11.3 Å². The molecular weight excluding hydrogens is 274 g/mol. The van der Waals surface area contributed by atoms with Gasteiger partial charge in [0.25, 0.3) is 0 Å². The van der Waals surface area contributed by atoms with Gasteiger partial charge in [0.15, 0.2) is 0 Å². The number of nitriles is 1. The lowest BCUT2D eigenvalue weighted by atomic mass is 10.0. The minimum Gasteiger partial charge on any atom is -0.380 e. The molecule has 0 N–H and O–H groups in total. The van der Waals surface area contributed by atoms with E-state index < -0.39 is 0 Å². The summed E-state index contributed by atoms with van der Waals surface area (Å²) in [6.45, 7) is 7.45. The number of ether oxygens (including phenoxy) is 1. The molecule has 2 heterocycles. The van der Waals surface area contributed by atoms with E-state index in [9.17, 15) is 0 Å². The number of benzene rings is 1. The summed E-state index contributed by atoms with van der Waals surface area (Å²) < 4.78 is 5.56. The van der Waals surface area contributed by atoms with Gasteiger partial charge in [-0.15, -0.1) is 0 Å². The van der Waals surface area contributed by atoms with Crippen molar-refractivity contribution in [2.45, 2.75) is 31.8 Å². The molecular formula is C18H25N3O. The molecule has 0 amide bonds. The predicted octanol–water partition coefficient (Wildman–Crippen LogP) is 2.24. The largest absolute Gasteiger partial charge is 0.380 e. The van der Waals surface area contributed by atoms with Crippen LogP contribution in [0.25, 0.3) is 0 Å². The number of hydrogen-bond donors (Lipinski definition) is 0. The van der Waals surface area contributed by atoms with Crippen LogP contribution in [0.5, 0.6) is 0 Å². The maximum absolute atomic E-state index is 8.85. The van der Waals surface area contributed by atoms with Crippen LogP contribution in [0.3, 0.4) is 0 Å². The molecule has 0 atom stereocenters. The van der Waals surface area contributed by atoms with Crippen LogP contribution in [0.2, 0.25) is 0 Å². The van der Waals surface area contributed by atoms with Gasteiger partial charge in [-0.2, -0.15) is 5.26 Å². The zero-order valence-corrected chi connectivity index (χ0v) is 13.2. The van der Waals surface area contributed by atoms with Gasteiger partial charge in [-0.25, -0.2) is 0 Å². The Morgan fingerprint density at radius 2 is 1.82 bits per heavy atom. The predicted molar refractivity (Wildman–Crippen MR) is 86.5 cm³/mol. The lowest BCUT2D eigenvalue weighted by Crippen LogP contribution is -2.45. The van der Waals surface area contributed by atoms with Gasteiger partial charge in [0, 0.05) is 32.3 Å². The molecule has 2 saturated heterocycles. The van der Waals surface area contributed by atoms with Gasteiger partial charge >= 0.3 is 0 Å². The van der Waals surface area contributed by atoms with Gasteiger partial charge in [0.1, 0.15) is 0 Å². The molecule has 1 aromatic rings. The molecule has 4 heteroatoms. The third kappa shape index (κ3) is 4.07. The fraction of sp³-hybridized carbons (Fsp3) is 0.611. The Labute approximate surface area is 133 Å². The van der Waals surface area contributed by atoms with E-state index in [0.29, 0.717) is 0 Å². The topological polar surface area (TPSA) is 39.5 Å². The Balaban J connectivity index is 1.47. The first-order chi connectivity index (χ1) is 10.8. The fourth-order valence-corrected chi connectivity index (χ4v) is 3.52. The monoisotopic (exact) mass is 299 g/mol. The lowest BCUT2D eigenvalue weighted by Gasteiger charge is -2.38. The first-order valence-corrected chi connectivity index (χ1v) is 8.38. The second-order valence-corrected chi connectivity index (χ2v) is 6.32. The first kappa shape index (κ1) is 15.5. The zero-order chi connectivity index (χ0) is 15.2. The zero-order valence-electron chi connectivity index (χ0n) is 13.2. The summed E-state index contributed by atoms with van der Waals surface area (Å²) in [5.74, 6) is 0. The van der Waals surface area contributed by atoms with Gasteiger partial charge < -0.3 is 4.74 Å². The molecule has 0 bridgehead atoms. The van der Waals surface area contributed by atoms with Crippen molar-refractivity contribution < 1.29 is 4.74 Å². The van der Waals surface area contributed by atoms with E-state index in [-0.39, 0.29) is 0 Å². The van der Waals surface area contributed by atoms with Crippen LogP contribution in [-0.4, -0.2) is 55.2 Å². The van der Waals surface area contributed by atoms with Crippen LogP contribution >= 0.6 is 0 Å². The Hall–Kier alpha value is -1.41. The van der Waals surface area contributed by atoms with Crippen molar-refractivity contribution in [1.82, 2.24) is 9.80 Å². The molecule has 2 fully saturated rings. The summed E-state index contributed by atoms with van der Waals surface area (Å²) in [5, 5.41) is 8.85. The van der Waals surface area contributed by atoms with Gasteiger partial charge in [-0.05, 0) is 50.0 Å². The van der Waals surface area contributed by atoms with Crippen LogP contribution < -0.4 is 0 Å². The first-order valence-electron chi connectivity index (χ1n) is 8.38. The van der Waals surface area contributed by atoms with Crippen LogP contribution in [0.4, 0.5) is 0 Å². The summed E-state index contributed by atoms with van der Waals surface area (Å²) in [4.78, 5) is 5.16. The number of piperidine rings is 1. The normalized spacial score (nSPS) is 22.1. The van der Waals surface area contributed by atoms with Crippen LogP contribution in [0.1, 0.15) is 30.4 Å². The molecule has 4 nitrogen and oxygen atoms in total. The van der Waals surface area contributed by atoms with Gasteiger partial charge in [0.05, 0.1) is 18.2 Å². The summed E-state index contributed by atoms with van der Waals surface area (Å²) in [6, 6.07) is 10.9. The van der Waals surface area contributed by atoms with Crippen molar-refractivity contribution in [3.05, 3.63) is 35.4 Å². The molecule has 118 valence electrons. The Morgan fingerprint density at radius 3 is 2.55 bits per heavy atom. The van der Waals surface area contributed by atoms with E-state index in [0.717, 1.165) is 37.9 Å². The van der Waals surface area contributed by atoms with Crippen LogP contribution in [0.15, 0.2) is 24.3 Å². The molecule has 0 spiro atoms. The summed E-state index contributed by atoms with van der Waals surface area (Å²) in [5.41, 5.74) is 2.05. The van der Waals surface area contributed by atoms with E-state index in [1.165, 1.54) is 44.5 Å². The molecule has 0 aromatic heterocycles. The average Bonchev–Trinajstić information content (AvgIpc) is 2.86. The maximum atomic E-state index is 8.85. The van der Waals surface area contributed by atoms with Crippen molar-refractivity contribution in [3.63, 3.8) is 0 Å². The molecule has 0 radical (unpaired) electrons. The van der Waals surface area contributed by atoms with E-state index in [1.54, 1.807) is 0 Å². The van der Waals surface area contributed by atoms with Gasteiger partial charge in [0.2, 0.25) is 0 Å². The number of likely N-dealkylation sites (tertiary alicyclic amines) is 1. The molecule has 1 aromatic carbocycles. The molecule has 2 aliphatic heterocycles. The van der Waals surface area contributed by atoms with Crippen molar-refractivity contribution in [2.75, 3.05) is 39.4 Å². The van der Waals surface area contributed by atoms with Crippen LogP contribution in [0, 0.1) is 11.3 Å².